The monoisotopic (exact) mass is 370 g/mol. The number of aryl methyl sites for hydroxylation is 1. The first-order valence-corrected chi connectivity index (χ1v) is 9.08. The number of benzene rings is 2. The zero-order valence-corrected chi connectivity index (χ0v) is 14.9. The number of nitrogens with one attached hydrogen (secondary N) is 1. The molecule has 2 aromatic rings. The van der Waals surface area contributed by atoms with Gasteiger partial charge in [-0.15, -0.1) is 0 Å². The summed E-state index contributed by atoms with van der Waals surface area (Å²) in [6, 6.07) is 13.3. The number of rotatable bonds is 3. The lowest BCUT2D eigenvalue weighted by atomic mass is 10.2. The molecule has 0 atom stereocenters. The summed E-state index contributed by atoms with van der Waals surface area (Å²) in [6.45, 7) is 4.21. The second-order valence-electron chi connectivity index (χ2n) is 5.83. The van der Waals surface area contributed by atoms with Crippen LogP contribution in [0.25, 0.3) is 0 Å². The van der Waals surface area contributed by atoms with E-state index in [4.69, 9.17) is 0 Å². The van der Waals surface area contributed by atoms with E-state index in [1.54, 1.807) is 24.3 Å². The summed E-state index contributed by atoms with van der Waals surface area (Å²) in [5.74, 6) is -0.256. The van der Waals surface area contributed by atoms with Gasteiger partial charge in [-0.1, -0.05) is 17.7 Å². The minimum atomic E-state index is -3.43. The Kier molecular flexibility index (Phi) is 5.98. The second kappa shape index (κ2) is 7.61. The van der Waals surface area contributed by atoms with Crippen LogP contribution < -0.4 is 17.3 Å². The minimum absolute atomic E-state index is 0. The molecule has 0 spiro atoms. The number of hydrogen-bond acceptors (Lipinski definition) is 2. The molecule has 1 heterocycles. The van der Waals surface area contributed by atoms with Crippen LogP contribution in [0.4, 0.5) is 10.1 Å². The average Bonchev–Trinajstić information content (AvgIpc) is 2.56. The van der Waals surface area contributed by atoms with Gasteiger partial charge in [0.1, 0.15) is 11.5 Å². The summed E-state index contributed by atoms with van der Waals surface area (Å²) < 4.78 is 39.8. The molecule has 4 nitrogen and oxygen atoms in total. The van der Waals surface area contributed by atoms with Gasteiger partial charge in [-0.3, -0.25) is 0 Å². The first kappa shape index (κ1) is 18.9. The van der Waals surface area contributed by atoms with Crippen molar-refractivity contribution in [3.8, 4) is 0 Å². The number of hydrogen-bond donors (Lipinski definition) is 1. The summed E-state index contributed by atoms with van der Waals surface area (Å²) >= 11 is 0. The van der Waals surface area contributed by atoms with E-state index in [0.29, 0.717) is 31.1 Å². The molecular formula is C17H20ClFN2O2S. The van der Waals surface area contributed by atoms with Gasteiger partial charge in [-0.05, 0) is 31.2 Å². The van der Waals surface area contributed by atoms with Crippen LogP contribution in [0.1, 0.15) is 5.56 Å². The van der Waals surface area contributed by atoms with E-state index in [1.165, 1.54) is 21.3 Å². The number of quaternary nitrogens is 1. The van der Waals surface area contributed by atoms with Crippen LogP contribution in [0.2, 0.25) is 0 Å². The highest BCUT2D eigenvalue weighted by Gasteiger charge is 2.30. The maximum atomic E-state index is 13.0. The Hall–Kier alpha value is -1.47. The Morgan fingerprint density at radius 1 is 0.958 bits per heavy atom. The fraction of sp³-hybridized carbons (Fsp3) is 0.294. The molecule has 0 saturated carbocycles. The third kappa shape index (κ3) is 3.95. The zero-order valence-electron chi connectivity index (χ0n) is 13.4. The van der Waals surface area contributed by atoms with Gasteiger partial charge >= 0.3 is 0 Å². The summed E-state index contributed by atoms with van der Waals surface area (Å²) in [5, 5.41) is 0. The lowest BCUT2D eigenvalue weighted by Gasteiger charge is -2.31. The average molecular weight is 371 g/mol. The predicted octanol–water partition coefficient (Wildman–Crippen LogP) is -1.64. The van der Waals surface area contributed by atoms with Crippen molar-refractivity contribution in [3.05, 3.63) is 59.9 Å². The second-order valence-corrected chi connectivity index (χ2v) is 7.77. The molecule has 130 valence electrons. The minimum Gasteiger partial charge on any atom is -1.00 e. The first-order valence-electron chi connectivity index (χ1n) is 7.64. The molecule has 0 bridgehead atoms. The van der Waals surface area contributed by atoms with E-state index in [9.17, 15) is 12.8 Å². The van der Waals surface area contributed by atoms with E-state index in [0.717, 1.165) is 11.3 Å². The van der Waals surface area contributed by atoms with Crippen LogP contribution in [-0.4, -0.2) is 38.9 Å². The van der Waals surface area contributed by atoms with Gasteiger partial charge in [-0.2, -0.15) is 4.31 Å². The third-order valence-electron chi connectivity index (χ3n) is 4.24. The van der Waals surface area contributed by atoms with E-state index in [1.807, 2.05) is 19.1 Å². The molecule has 0 radical (unpaired) electrons. The summed E-state index contributed by atoms with van der Waals surface area (Å²) in [7, 11) is -3.43. The van der Waals surface area contributed by atoms with Crippen LogP contribution in [0.3, 0.4) is 0 Å². The molecule has 1 fully saturated rings. The highest BCUT2D eigenvalue weighted by atomic mass is 35.5. The Balaban J connectivity index is 0.00000208. The van der Waals surface area contributed by atoms with Crippen molar-refractivity contribution >= 4 is 15.7 Å². The van der Waals surface area contributed by atoms with Crippen molar-refractivity contribution < 1.29 is 30.1 Å². The topological polar surface area (TPSA) is 41.8 Å². The van der Waals surface area contributed by atoms with Gasteiger partial charge in [0.2, 0.25) is 10.0 Å². The molecule has 1 saturated heterocycles. The van der Waals surface area contributed by atoms with Crippen molar-refractivity contribution in [1.82, 2.24) is 4.31 Å². The Bertz CT molecular complexity index is 771. The van der Waals surface area contributed by atoms with Gasteiger partial charge in [0.05, 0.1) is 31.1 Å². The van der Waals surface area contributed by atoms with Gasteiger partial charge in [0, 0.05) is 12.1 Å². The molecular weight excluding hydrogens is 351 g/mol. The zero-order chi connectivity index (χ0) is 16.4. The first-order chi connectivity index (χ1) is 11.0. The predicted molar refractivity (Wildman–Crippen MR) is 86.7 cm³/mol. The van der Waals surface area contributed by atoms with Gasteiger partial charge < -0.3 is 17.3 Å². The van der Waals surface area contributed by atoms with Crippen molar-refractivity contribution in [2.75, 3.05) is 26.2 Å². The van der Waals surface area contributed by atoms with Crippen LogP contribution in [0.5, 0.6) is 0 Å². The molecule has 2 aromatic carbocycles. The van der Waals surface area contributed by atoms with Crippen molar-refractivity contribution in [2.45, 2.75) is 11.8 Å². The highest BCUT2D eigenvalue weighted by Crippen LogP contribution is 2.16. The molecule has 1 N–H and O–H groups in total. The lowest BCUT2D eigenvalue weighted by molar-refractivity contribution is -0.837. The number of halogens is 2. The molecule has 0 amide bonds. The highest BCUT2D eigenvalue weighted by molar-refractivity contribution is 7.89. The maximum absolute atomic E-state index is 13.0. The Labute approximate surface area is 148 Å². The van der Waals surface area contributed by atoms with Crippen molar-refractivity contribution in [2.24, 2.45) is 0 Å². The van der Waals surface area contributed by atoms with E-state index in [-0.39, 0.29) is 18.2 Å². The van der Waals surface area contributed by atoms with Gasteiger partial charge in [0.15, 0.2) is 0 Å². The van der Waals surface area contributed by atoms with Crippen molar-refractivity contribution in [3.63, 3.8) is 0 Å². The fourth-order valence-corrected chi connectivity index (χ4v) is 4.27. The normalized spacial score (nSPS) is 16.6. The Morgan fingerprint density at radius 2 is 1.50 bits per heavy atom. The smallest absolute Gasteiger partial charge is 0.243 e. The summed E-state index contributed by atoms with van der Waals surface area (Å²) in [5.41, 5.74) is 2.04. The molecule has 0 unspecified atom stereocenters. The fourth-order valence-electron chi connectivity index (χ4n) is 2.83. The Morgan fingerprint density at radius 3 is 2.04 bits per heavy atom. The van der Waals surface area contributed by atoms with Crippen LogP contribution in [0, 0.1) is 12.7 Å². The van der Waals surface area contributed by atoms with Gasteiger partial charge in [-0.25, -0.2) is 12.8 Å². The standard InChI is InChI=1S/C17H19FN2O2S.ClH/c1-14-2-8-17(9-3-14)23(21,22)20-12-10-19(11-13-20)16-6-4-15(18)5-7-16;/h2-9H,10-13H2,1H3;1H. The summed E-state index contributed by atoms with van der Waals surface area (Å²) in [4.78, 5) is 1.52. The molecule has 0 aliphatic carbocycles. The number of sulfonamides is 1. The van der Waals surface area contributed by atoms with E-state index >= 15 is 0 Å². The van der Waals surface area contributed by atoms with Gasteiger partial charge in [0.25, 0.3) is 0 Å². The quantitative estimate of drug-likeness (QED) is 0.704. The number of nitrogens with zero attached hydrogens (tertiary/aromatic N) is 1. The molecule has 1 aliphatic rings. The van der Waals surface area contributed by atoms with E-state index < -0.39 is 10.0 Å². The molecule has 7 heteroatoms. The summed E-state index contributed by atoms with van der Waals surface area (Å²) in [6.07, 6.45) is 0. The molecule has 0 aromatic heterocycles. The SMILES string of the molecule is Cc1ccc(S(=O)(=O)N2CC[NH+](c3ccc(F)cc3)CC2)cc1.[Cl-]. The maximum Gasteiger partial charge on any atom is 0.243 e. The van der Waals surface area contributed by atoms with Crippen LogP contribution in [0.15, 0.2) is 53.4 Å². The number of piperazine rings is 1. The van der Waals surface area contributed by atoms with Crippen LogP contribution >= 0.6 is 0 Å². The third-order valence-corrected chi connectivity index (χ3v) is 6.15. The molecule has 3 rings (SSSR count). The largest absolute Gasteiger partial charge is 1.00 e. The lowest BCUT2D eigenvalue weighted by Crippen LogP contribution is -3.10. The van der Waals surface area contributed by atoms with E-state index in [2.05, 4.69) is 0 Å². The molecule has 24 heavy (non-hydrogen) atoms. The molecule has 1 aliphatic heterocycles. The van der Waals surface area contributed by atoms with Crippen molar-refractivity contribution in [1.29, 1.82) is 0 Å². The van der Waals surface area contributed by atoms with Crippen LogP contribution in [-0.2, 0) is 10.0 Å².